The lowest BCUT2D eigenvalue weighted by Gasteiger charge is -2.34. The molecule has 0 radical (unpaired) electrons. The second-order valence-corrected chi connectivity index (χ2v) is 8.73. The van der Waals surface area contributed by atoms with Gasteiger partial charge in [0.2, 0.25) is 0 Å². The van der Waals surface area contributed by atoms with E-state index in [2.05, 4.69) is 9.71 Å². The first-order chi connectivity index (χ1) is 11.9. The predicted molar refractivity (Wildman–Crippen MR) is 97.9 cm³/mol. The van der Waals surface area contributed by atoms with Crippen molar-refractivity contribution in [1.29, 1.82) is 0 Å². The summed E-state index contributed by atoms with van der Waals surface area (Å²) in [5.74, 6) is 0. The smallest absolute Gasteiger partial charge is 0.263 e. The summed E-state index contributed by atoms with van der Waals surface area (Å²) in [7, 11) is -2.12. The molecule has 25 heavy (non-hydrogen) atoms. The molecule has 0 saturated carbocycles. The van der Waals surface area contributed by atoms with E-state index in [1.165, 1.54) is 17.4 Å². The zero-order valence-corrected chi connectivity index (χ0v) is 16.3. The van der Waals surface area contributed by atoms with Crippen LogP contribution in [0.4, 0.5) is 5.13 Å². The van der Waals surface area contributed by atoms with Gasteiger partial charge in [-0.15, -0.1) is 11.3 Å². The molecule has 136 valence electrons. The molecule has 1 aromatic carbocycles. The Morgan fingerprint density at radius 3 is 2.76 bits per heavy atom. The van der Waals surface area contributed by atoms with E-state index in [9.17, 15) is 8.42 Å². The number of anilines is 1. The van der Waals surface area contributed by atoms with Crippen molar-refractivity contribution in [2.45, 2.75) is 30.3 Å². The topological polar surface area (TPSA) is 77.5 Å². The van der Waals surface area contributed by atoms with Gasteiger partial charge in [-0.1, -0.05) is 17.7 Å². The predicted octanol–water partition coefficient (Wildman–Crippen LogP) is 3.56. The Morgan fingerprint density at radius 2 is 2.08 bits per heavy atom. The van der Waals surface area contributed by atoms with Crippen LogP contribution in [-0.2, 0) is 25.1 Å². The number of benzene rings is 1. The zero-order chi connectivity index (χ0) is 18.1. The molecule has 0 unspecified atom stereocenters. The van der Waals surface area contributed by atoms with Crippen molar-refractivity contribution in [2.75, 3.05) is 25.0 Å². The molecule has 1 aliphatic heterocycles. The van der Waals surface area contributed by atoms with Gasteiger partial charge in [0.15, 0.2) is 5.13 Å². The van der Waals surface area contributed by atoms with Crippen molar-refractivity contribution in [3.05, 3.63) is 39.9 Å². The minimum Gasteiger partial charge on any atom is -0.381 e. The summed E-state index contributed by atoms with van der Waals surface area (Å²) in [5.41, 5.74) is 0.708. The number of halogens is 1. The number of aromatic nitrogens is 1. The highest BCUT2D eigenvalue weighted by molar-refractivity contribution is 7.93. The maximum absolute atomic E-state index is 12.7. The normalized spacial score (nSPS) is 17.4. The van der Waals surface area contributed by atoms with Gasteiger partial charge < -0.3 is 9.47 Å². The van der Waals surface area contributed by atoms with Crippen LogP contribution in [0.3, 0.4) is 0 Å². The molecule has 0 atom stereocenters. The number of methoxy groups -OCH3 is 1. The Kier molecular flexibility index (Phi) is 5.36. The third-order valence-electron chi connectivity index (χ3n) is 4.39. The fourth-order valence-electron chi connectivity index (χ4n) is 2.84. The van der Waals surface area contributed by atoms with Crippen LogP contribution in [0.15, 0.2) is 28.5 Å². The molecule has 0 bridgehead atoms. The molecule has 1 saturated heterocycles. The van der Waals surface area contributed by atoms with E-state index in [1.807, 2.05) is 5.38 Å². The quantitative estimate of drug-likeness (QED) is 0.827. The molecule has 0 amide bonds. The molecule has 2 aromatic rings. The third kappa shape index (κ3) is 3.68. The van der Waals surface area contributed by atoms with Gasteiger partial charge in [-0.25, -0.2) is 13.4 Å². The molecular formula is C16H19ClN2O4S2. The molecule has 0 spiro atoms. The highest BCUT2D eigenvalue weighted by atomic mass is 35.5. The van der Waals surface area contributed by atoms with E-state index in [4.69, 9.17) is 21.1 Å². The summed E-state index contributed by atoms with van der Waals surface area (Å²) in [6.45, 7) is 2.86. The van der Waals surface area contributed by atoms with Gasteiger partial charge in [-0.2, -0.15) is 0 Å². The standard InChI is InChI=1S/C16H19ClN2O4S2/c1-11-12(17)4-3-5-13(11)25(20,21)19-15-18-14(10-24-15)16(22-2)6-8-23-9-7-16/h3-5,10H,6-9H2,1-2H3,(H,18,19). The summed E-state index contributed by atoms with van der Waals surface area (Å²) in [6.07, 6.45) is 1.37. The fraction of sp³-hybridized carbons (Fsp3) is 0.438. The number of sulfonamides is 1. The van der Waals surface area contributed by atoms with E-state index in [0.717, 1.165) is 5.69 Å². The average Bonchev–Trinajstić information content (AvgIpc) is 3.06. The summed E-state index contributed by atoms with van der Waals surface area (Å²) in [6, 6.07) is 4.79. The Bertz CT molecular complexity index is 861. The summed E-state index contributed by atoms with van der Waals surface area (Å²) in [4.78, 5) is 4.60. The van der Waals surface area contributed by atoms with Crippen molar-refractivity contribution in [3.8, 4) is 0 Å². The number of nitrogens with one attached hydrogen (secondary N) is 1. The molecule has 1 fully saturated rings. The van der Waals surface area contributed by atoms with Crippen molar-refractivity contribution < 1.29 is 17.9 Å². The number of ether oxygens (including phenoxy) is 2. The number of thiazole rings is 1. The Balaban J connectivity index is 1.87. The second-order valence-electron chi connectivity index (χ2n) is 5.82. The highest BCUT2D eigenvalue weighted by Gasteiger charge is 2.37. The molecule has 0 aliphatic carbocycles. The van der Waals surface area contributed by atoms with Gasteiger partial charge in [0.05, 0.1) is 10.6 Å². The van der Waals surface area contributed by atoms with Crippen molar-refractivity contribution in [3.63, 3.8) is 0 Å². The van der Waals surface area contributed by atoms with Crippen LogP contribution in [0.1, 0.15) is 24.1 Å². The second kappa shape index (κ2) is 7.20. The van der Waals surface area contributed by atoms with E-state index in [-0.39, 0.29) is 4.90 Å². The van der Waals surface area contributed by atoms with Gasteiger partial charge in [0.25, 0.3) is 10.0 Å². The number of rotatable bonds is 5. The monoisotopic (exact) mass is 402 g/mol. The SMILES string of the molecule is COC1(c2csc(NS(=O)(=O)c3cccc(Cl)c3C)n2)CCOCC1. The molecule has 6 nitrogen and oxygen atoms in total. The molecule has 1 N–H and O–H groups in total. The molecule has 2 heterocycles. The van der Waals surface area contributed by atoms with Gasteiger partial charge >= 0.3 is 0 Å². The largest absolute Gasteiger partial charge is 0.381 e. The van der Waals surface area contributed by atoms with Crippen LogP contribution in [0.25, 0.3) is 0 Å². The van der Waals surface area contributed by atoms with Gasteiger partial charge in [-0.05, 0) is 24.6 Å². The van der Waals surface area contributed by atoms with Crippen LogP contribution in [-0.4, -0.2) is 33.7 Å². The Morgan fingerprint density at radius 1 is 1.36 bits per heavy atom. The first kappa shape index (κ1) is 18.6. The molecule has 1 aromatic heterocycles. The molecule has 3 rings (SSSR count). The average molecular weight is 403 g/mol. The lowest BCUT2D eigenvalue weighted by Crippen LogP contribution is -2.36. The summed E-state index contributed by atoms with van der Waals surface area (Å²) in [5, 5.41) is 2.54. The molecular weight excluding hydrogens is 384 g/mol. The van der Waals surface area contributed by atoms with Gasteiger partial charge in [-0.3, -0.25) is 4.72 Å². The number of hydrogen-bond donors (Lipinski definition) is 1. The van der Waals surface area contributed by atoms with E-state index >= 15 is 0 Å². The van der Waals surface area contributed by atoms with Crippen molar-refractivity contribution in [2.24, 2.45) is 0 Å². The molecule has 1 aliphatic rings. The van der Waals surface area contributed by atoms with Crippen LogP contribution in [0.2, 0.25) is 5.02 Å². The number of nitrogens with zero attached hydrogens (tertiary/aromatic N) is 1. The summed E-state index contributed by atoms with van der Waals surface area (Å²) >= 11 is 7.27. The maximum atomic E-state index is 12.7. The lowest BCUT2D eigenvalue weighted by atomic mass is 9.91. The van der Waals surface area contributed by atoms with Crippen molar-refractivity contribution >= 4 is 38.1 Å². The first-order valence-electron chi connectivity index (χ1n) is 7.75. The summed E-state index contributed by atoms with van der Waals surface area (Å²) < 4.78 is 38.9. The molecule has 9 heteroatoms. The lowest BCUT2D eigenvalue weighted by molar-refractivity contribution is -0.0969. The Labute approximate surface area is 156 Å². The van der Waals surface area contributed by atoms with Gasteiger partial charge in [0, 0.05) is 43.6 Å². The minimum atomic E-state index is -3.76. The van der Waals surface area contributed by atoms with E-state index < -0.39 is 15.6 Å². The maximum Gasteiger partial charge on any atom is 0.263 e. The fourth-order valence-corrected chi connectivity index (χ4v) is 5.39. The van der Waals surface area contributed by atoms with Crippen LogP contribution in [0, 0.1) is 6.92 Å². The number of hydrogen-bond acceptors (Lipinski definition) is 6. The van der Waals surface area contributed by atoms with Gasteiger partial charge in [0.1, 0.15) is 5.60 Å². The van der Waals surface area contributed by atoms with Crippen LogP contribution < -0.4 is 4.72 Å². The highest BCUT2D eigenvalue weighted by Crippen LogP contribution is 2.37. The Hall–Kier alpha value is -1.19. The van der Waals surface area contributed by atoms with E-state index in [1.54, 1.807) is 26.2 Å². The third-order valence-corrected chi connectivity index (χ3v) is 7.17. The van der Waals surface area contributed by atoms with E-state index in [0.29, 0.717) is 41.8 Å². The first-order valence-corrected chi connectivity index (χ1v) is 10.5. The van der Waals surface area contributed by atoms with Crippen LogP contribution in [0.5, 0.6) is 0 Å². The minimum absolute atomic E-state index is 0.143. The van der Waals surface area contributed by atoms with Crippen LogP contribution >= 0.6 is 22.9 Å². The van der Waals surface area contributed by atoms with Crippen molar-refractivity contribution in [1.82, 2.24) is 4.98 Å². The zero-order valence-electron chi connectivity index (χ0n) is 13.9.